The monoisotopic (exact) mass is 282 g/mol. The summed E-state index contributed by atoms with van der Waals surface area (Å²) < 4.78 is 0. The highest BCUT2D eigenvalue weighted by Gasteiger charge is 2.13. The molecule has 0 heterocycles. The molecule has 0 aliphatic heterocycles. The van der Waals surface area contributed by atoms with Gasteiger partial charge in [0, 0.05) is 19.3 Å². The van der Waals surface area contributed by atoms with Gasteiger partial charge in [-0.2, -0.15) is 0 Å². The molecule has 20 heavy (non-hydrogen) atoms. The second-order valence-corrected chi connectivity index (χ2v) is 6.09. The van der Waals surface area contributed by atoms with Crippen molar-refractivity contribution >= 4 is 11.6 Å². The highest BCUT2D eigenvalue weighted by molar-refractivity contribution is 5.82. The number of carbonyl (C=O) groups is 2. The summed E-state index contributed by atoms with van der Waals surface area (Å²) in [5, 5.41) is 9.77. The molecule has 1 aliphatic carbocycles. The van der Waals surface area contributed by atoms with E-state index in [1.807, 2.05) is 0 Å². The van der Waals surface area contributed by atoms with Crippen molar-refractivity contribution in [1.29, 1.82) is 0 Å². The summed E-state index contributed by atoms with van der Waals surface area (Å²) in [6, 6.07) is 0. The van der Waals surface area contributed by atoms with E-state index in [2.05, 4.69) is 0 Å². The normalized spacial score (nSPS) is 26.1. The summed E-state index contributed by atoms with van der Waals surface area (Å²) in [7, 11) is 0. The first-order chi connectivity index (χ1) is 9.70. The van der Waals surface area contributed by atoms with Crippen LogP contribution in [0.25, 0.3) is 0 Å². The molecule has 0 amide bonds. The first kappa shape index (κ1) is 17.4. The van der Waals surface area contributed by atoms with E-state index >= 15 is 0 Å². The molecule has 0 aromatic rings. The second kappa shape index (κ2) is 11.0. The van der Waals surface area contributed by atoms with E-state index in [4.69, 9.17) is 0 Å². The Morgan fingerprint density at radius 3 is 1.70 bits per heavy atom. The van der Waals surface area contributed by atoms with Crippen LogP contribution < -0.4 is 0 Å². The first-order valence-electron chi connectivity index (χ1n) is 8.42. The Bertz CT molecular complexity index is 286. The number of hydrogen-bond donors (Lipinski definition) is 1. The predicted molar refractivity (Wildman–Crippen MR) is 80.7 cm³/mol. The SMILES string of the molecule is O=C1CCCCCCCC(=O)C(O)CCCCCCC1. The van der Waals surface area contributed by atoms with E-state index in [0.29, 0.717) is 18.6 Å². The van der Waals surface area contributed by atoms with Crippen LogP contribution in [0, 0.1) is 0 Å². The molecule has 116 valence electrons. The third-order valence-electron chi connectivity index (χ3n) is 4.18. The fourth-order valence-electron chi connectivity index (χ4n) is 2.79. The number of rotatable bonds is 0. The van der Waals surface area contributed by atoms with Crippen LogP contribution in [0.15, 0.2) is 0 Å². The Labute approximate surface area is 123 Å². The minimum absolute atomic E-state index is 0.0181. The molecule has 0 spiro atoms. The van der Waals surface area contributed by atoms with Gasteiger partial charge in [-0.25, -0.2) is 0 Å². The van der Waals surface area contributed by atoms with Crippen molar-refractivity contribution in [2.24, 2.45) is 0 Å². The lowest BCUT2D eigenvalue weighted by atomic mass is 10.0. The average molecular weight is 282 g/mol. The fraction of sp³-hybridized carbons (Fsp3) is 0.882. The van der Waals surface area contributed by atoms with Crippen LogP contribution in [0.1, 0.15) is 89.9 Å². The predicted octanol–water partition coefficient (Wildman–Crippen LogP) is 3.96. The quantitative estimate of drug-likeness (QED) is 0.731. The molecule has 1 N–H and O–H groups in total. The zero-order valence-electron chi connectivity index (χ0n) is 12.7. The first-order valence-corrected chi connectivity index (χ1v) is 8.42. The van der Waals surface area contributed by atoms with Gasteiger partial charge >= 0.3 is 0 Å². The van der Waals surface area contributed by atoms with E-state index in [-0.39, 0.29) is 5.78 Å². The fourth-order valence-corrected chi connectivity index (χ4v) is 2.79. The molecule has 1 saturated carbocycles. The molecule has 1 fully saturated rings. The van der Waals surface area contributed by atoms with Gasteiger partial charge in [0.2, 0.25) is 0 Å². The summed E-state index contributed by atoms with van der Waals surface area (Å²) in [6.45, 7) is 0. The molecule has 0 radical (unpaired) electrons. The molecule has 0 bridgehead atoms. The number of aliphatic hydroxyl groups excluding tert-OH is 1. The van der Waals surface area contributed by atoms with Crippen molar-refractivity contribution in [3.63, 3.8) is 0 Å². The van der Waals surface area contributed by atoms with Crippen LogP contribution in [-0.4, -0.2) is 22.8 Å². The van der Waals surface area contributed by atoms with Gasteiger partial charge in [-0.1, -0.05) is 44.9 Å². The van der Waals surface area contributed by atoms with E-state index in [1.54, 1.807) is 0 Å². The lowest BCUT2D eigenvalue weighted by Crippen LogP contribution is -2.19. The lowest BCUT2D eigenvalue weighted by Gasteiger charge is -2.09. The summed E-state index contributed by atoms with van der Waals surface area (Å²) in [5.74, 6) is 0.435. The van der Waals surface area contributed by atoms with E-state index < -0.39 is 6.10 Å². The van der Waals surface area contributed by atoms with Gasteiger partial charge in [0.05, 0.1) is 0 Å². The van der Waals surface area contributed by atoms with E-state index in [9.17, 15) is 14.7 Å². The Hall–Kier alpha value is -0.700. The van der Waals surface area contributed by atoms with Gasteiger partial charge < -0.3 is 5.11 Å². The van der Waals surface area contributed by atoms with Crippen LogP contribution in [0.4, 0.5) is 0 Å². The number of aliphatic hydroxyl groups is 1. The molecule has 1 aliphatic rings. The Kier molecular flexibility index (Phi) is 9.56. The van der Waals surface area contributed by atoms with Gasteiger partial charge in [-0.05, 0) is 25.7 Å². The Morgan fingerprint density at radius 1 is 0.650 bits per heavy atom. The summed E-state index contributed by atoms with van der Waals surface area (Å²) >= 11 is 0. The van der Waals surface area contributed by atoms with Gasteiger partial charge in [0.25, 0.3) is 0 Å². The van der Waals surface area contributed by atoms with Crippen LogP contribution in [0.2, 0.25) is 0 Å². The third-order valence-corrected chi connectivity index (χ3v) is 4.18. The zero-order chi connectivity index (χ0) is 14.6. The van der Waals surface area contributed by atoms with Crippen molar-refractivity contribution in [1.82, 2.24) is 0 Å². The number of ketones is 2. The molecule has 1 rings (SSSR count). The lowest BCUT2D eigenvalue weighted by molar-refractivity contribution is -0.127. The average Bonchev–Trinajstić information content (AvgIpc) is 2.44. The van der Waals surface area contributed by atoms with E-state index in [1.165, 1.54) is 0 Å². The largest absolute Gasteiger partial charge is 0.385 e. The smallest absolute Gasteiger partial charge is 0.161 e. The summed E-state index contributed by atoms with van der Waals surface area (Å²) in [5.41, 5.74) is 0. The maximum atomic E-state index is 11.7. The van der Waals surface area contributed by atoms with Crippen molar-refractivity contribution in [3.8, 4) is 0 Å². The van der Waals surface area contributed by atoms with Gasteiger partial charge in [0.1, 0.15) is 11.9 Å². The van der Waals surface area contributed by atoms with Crippen molar-refractivity contribution in [2.75, 3.05) is 0 Å². The number of hydrogen-bond acceptors (Lipinski definition) is 3. The molecule has 1 unspecified atom stereocenters. The van der Waals surface area contributed by atoms with Gasteiger partial charge in [0.15, 0.2) is 5.78 Å². The van der Waals surface area contributed by atoms with E-state index in [0.717, 1.165) is 77.0 Å². The topological polar surface area (TPSA) is 54.4 Å². The van der Waals surface area contributed by atoms with Crippen LogP contribution in [0.5, 0.6) is 0 Å². The van der Waals surface area contributed by atoms with Gasteiger partial charge in [-0.15, -0.1) is 0 Å². The molecule has 0 saturated heterocycles. The Balaban J connectivity index is 2.29. The van der Waals surface area contributed by atoms with Crippen LogP contribution >= 0.6 is 0 Å². The molecular formula is C17H30O3. The maximum absolute atomic E-state index is 11.7. The highest BCUT2D eigenvalue weighted by atomic mass is 16.3. The van der Waals surface area contributed by atoms with Gasteiger partial charge in [-0.3, -0.25) is 9.59 Å². The second-order valence-electron chi connectivity index (χ2n) is 6.09. The minimum atomic E-state index is -0.743. The third kappa shape index (κ3) is 8.47. The standard InChI is InChI=1S/C17H30O3/c18-15-11-7-3-1-5-9-13-16(19)17(20)14-10-6-2-4-8-12-15/h16,19H,1-14H2. The summed E-state index contributed by atoms with van der Waals surface area (Å²) in [4.78, 5) is 23.3. The molecule has 3 nitrogen and oxygen atoms in total. The zero-order valence-corrected chi connectivity index (χ0v) is 12.7. The molecular weight excluding hydrogens is 252 g/mol. The van der Waals surface area contributed by atoms with Crippen LogP contribution in [-0.2, 0) is 9.59 Å². The molecule has 3 heteroatoms. The van der Waals surface area contributed by atoms with Crippen molar-refractivity contribution < 1.29 is 14.7 Å². The summed E-state index contributed by atoms with van der Waals surface area (Å²) in [6.07, 6.45) is 12.1. The number of Topliss-reactive ketones (excluding diaryl/α,β-unsaturated/α-hetero) is 2. The number of carbonyl (C=O) groups excluding carboxylic acids is 2. The highest BCUT2D eigenvalue weighted by Crippen LogP contribution is 2.14. The molecule has 1 atom stereocenters. The molecule has 0 aromatic heterocycles. The van der Waals surface area contributed by atoms with Crippen LogP contribution in [0.3, 0.4) is 0 Å². The minimum Gasteiger partial charge on any atom is -0.385 e. The maximum Gasteiger partial charge on any atom is 0.161 e. The van der Waals surface area contributed by atoms with Crippen molar-refractivity contribution in [3.05, 3.63) is 0 Å². The van der Waals surface area contributed by atoms with Crippen molar-refractivity contribution in [2.45, 2.75) is 96.0 Å². The molecule has 0 aromatic carbocycles. The Morgan fingerprint density at radius 2 is 1.10 bits per heavy atom.